The summed E-state index contributed by atoms with van der Waals surface area (Å²) >= 11 is 0. The lowest BCUT2D eigenvalue weighted by atomic mass is 10.2. The van der Waals surface area contributed by atoms with E-state index >= 15 is 0 Å². The summed E-state index contributed by atoms with van der Waals surface area (Å²) in [5.74, 6) is 6.00. The van der Waals surface area contributed by atoms with E-state index in [1.807, 2.05) is 42.0 Å². The Balaban J connectivity index is 2.37. The minimum Gasteiger partial charge on any atom is -0.304 e. The molecule has 2 aromatic rings. The molecule has 0 aliphatic heterocycles. The van der Waals surface area contributed by atoms with Gasteiger partial charge in [0.25, 0.3) is 0 Å². The number of hydrogen-bond acceptors (Lipinski definition) is 3. The van der Waals surface area contributed by atoms with Crippen LogP contribution in [0.2, 0.25) is 0 Å². The van der Waals surface area contributed by atoms with Gasteiger partial charge in [-0.3, -0.25) is 4.84 Å². The highest BCUT2D eigenvalue weighted by Crippen LogP contribution is 2.12. The molecule has 4 nitrogen and oxygen atoms in total. The zero-order valence-corrected chi connectivity index (χ0v) is 8.55. The van der Waals surface area contributed by atoms with Crippen LogP contribution in [-0.2, 0) is 11.4 Å². The molecule has 0 aliphatic rings. The normalized spacial score (nSPS) is 10.5. The lowest BCUT2D eigenvalue weighted by Crippen LogP contribution is -2.01. The van der Waals surface area contributed by atoms with Crippen LogP contribution in [0.1, 0.15) is 11.4 Å². The molecule has 1 heterocycles. The summed E-state index contributed by atoms with van der Waals surface area (Å²) in [6, 6.07) is 8.00. The monoisotopic (exact) mass is 203 g/mol. The zero-order chi connectivity index (χ0) is 10.7. The number of nitrogens with zero attached hydrogens (tertiary/aromatic N) is 2. The third-order valence-electron chi connectivity index (χ3n) is 2.26. The van der Waals surface area contributed by atoms with Crippen molar-refractivity contribution in [2.24, 2.45) is 5.90 Å². The summed E-state index contributed by atoms with van der Waals surface area (Å²) in [6.07, 6.45) is 3.71. The molecule has 0 atom stereocenters. The Morgan fingerprint density at radius 1 is 1.47 bits per heavy atom. The second-order valence-electron chi connectivity index (χ2n) is 3.33. The SMILES string of the molecule is Cc1nccn1-c1cccc(CON)c1. The molecule has 0 amide bonds. The van der Waals surface area contributed by atoms with Crippen LogP contribution in [0.3, 0.4) is 0 Å². The van der Waals surface area contributed by atoms with Crippen LogP contribution in [0, 0.1) is 6.92 Å². The third-order valence-corrected chi connectivity index (χ3v) is 2.26. The average Bonchev–Trinajstić information content (AvgIpc) is 2.65. The van der Waals surface area contributed by atoms with Crippen molar-refractivity contribution in [3.8, 4) is 5.69 Å². The number of imidazole rings is 1. The molecule has 78 valence electrons. The van der Waals surface area contributed by atoms with Gasteiger partial charge in [-0.25, -0.2) is 10.9 Å². The molecular formula is C11H13N3O. The topological polar surface area (TPSA) is 53.1 Å². The van der Waals surface area contributed by atoms with Gasteiger partial charge in [0, 0.05) is 18.1 Å². The van der Waals surface area contributed by atoms with E-state index in [0.717, 1.165) is 17.1 Å². The minimum atomic E-state index is 0.418. The van der Waals surface area contributed by atoms with Gasteiger partial charge in [-0.1, -0.05) is 12.1 Å². The van der Waals surface area contributed by atoms with Crippen LogP contribution in [-0.4, -0.2) is 9.55 Å². The Labute approximate surface area is 88.3 Å². The van der Waals surface area contributed by atoms with Crippen molar-refractivity contribution in [3.63, 3.8) is 0 Å². The molecule has 0 saturated heterocycles. The van der Waals surface area contributed by atoms with E-state index in [2.05, 4.69) is 9.82 Å². The largest absolute Gasteiger partial charge is 0.304 e. The van der Waals surface area contributed by atoms with E-state index in [9.17, 15) is 0 Å². The zero-order valence-electron chi connectivity index (χ0n) is 8.55. The summed E-state index contributed by atoms with van der Waals surface area (Å²) in [7, 11) is 0. The standard InChI is InChI=1S/C11H13N3O/c1-9-13-5-6-14(9)11-4-2-3-10(7-11)8-15-12/h2-7H,8,12H2,1H3. The van der Waals surface area contributed by atoms with Gasteiger partial charge < -0.3 is 4.57 Å². The highest BCUT2D eigenvalue weighted by molar-refractivity contribution is 5.36. The second-order valence-corrected chi connectivity index (χ2v) is 3.33. The first-order valence-electron chi connectivity index (χ1n) is 4.72. The Morgan fingerprint density at radius 3 is 3.00 bits per heavy atom. The smallest absolute Gasteiger partial charge is 0.110 e. The molecule has 0 unspecified atom stereocenters. The van der Waals surface area contributed by atoms with Crippen molar-refractivity contribution in [1.29, 1.82) is 0 Å². The molecular weight excluding hydrogens is 190 g/mol. The van der Waals surface area contributed by atoms with E-state index < -0.39 is 0 Å². The van der Waals surface area contributed by atoms with Crippen LogP contribution in [0.5, 0.6) is 0 Å². The predicted molar refractivity (Wildman–Crippen MR) is 57.3 cm³/mol. The molecule has 15 heavy (non-hydrogen) atoms. The third kappa shape index (κ3) is 2.06. The quantitative estimate of drug-likeness (QED) is 0.770. The Bertz CT molecular complexity index is 451. The maximum Gasteiger partial charge on any atom is 0.110 e. The molecule has 0 spiro atoms. The number of aryl methyl sites for hydroxylation is 1. The lowest BCUT2D eigenvalue weighted by molar-refractivity contribution is 0.124. The number of hydrogen-bond donors (Lipinski definition) is 1. The maximum absolute atomic E-state index is 5.04. The van der Waals surface area contributed by atoms with Gasteiger partial charge in [0.15, 0.2) is 0 Å². The Hall–Kier alpha value is -1.65. The molecule has 2 N–H and O–H groups in total. The van der Waals surface area contributed by atoms with Crippen LogP contribution in [0.15, 0.2) is 36.7 Å². The van der Waals surface area contributed by atoms with Gasteiger partial charge in [0.2, 0.25) is 0 Å². The first kappa shape index (κ1) is 9.89. The van der Waals surface area contributed by atoms with Gasteiger partial charge in [0.1, 0.15) is 5.82 Å². The van der Waals surface area contributed by atoms with Crippen molar-refractivity contribution in [2.75, 3.05) is 0 Å². The maximum atomic E-state index is 5.04. The van der Waals surface area contributed by atoms with Crippen LogP contribution >= 0.6 is 0 Å². The summed E-state index contributed by atoms with van der Waals surface area (Å²) in [5.41, 5.74) is 2.11. The molecule has 0 saturated carbocycles. The van der Waals surface area contributed by atoms with E-state index in [0.29, 0.717) is 6.61 Å². The molecule has 0 aliphatic carbocycles. The van der Waals surface area contributed by atoms with Crippen molar-refractivity contribution >= 4 is 0 Å². The van der Waals surface area contributed by atoms with Crippen molar-refractivity contribution in [2.45, 2.75) is 13.5 Å². The average molecular weight is 203 g/mol. The highest BCUT2D eigenvalue weighted by atomic mass is 16.6. The number of rotatable bonds is 3. The number of benzene rings is 1. The molecule has 0 radical (unpaired) electrons. The first-order valence-corrected chi connectivity index (χ1v) is 4.72. The van der Waals surface area contributed by atoms with Gasteiger partial charge in [-0.05, 0) is 24.6 Å². The summed E-state index contributed by atoms with van der Waals surface area (Å²) < 4.78 is 2.01. The molecule has 0 bridgehead atoms. The van der Waals surface area contributed by atoms with Gasteiger partial charge in [0.05, 0.1) is 6.61 Å². The van der Waals surface area contributed by atoms with Crippen LogP contribution < -0.4 is 5.90 Å². The van der Waals surface area contributed by atoms with Gasteiger partial charge in [-0.15, -0.1) is 0 Å². The molecule has 4 heteroatoms. The van der Waals surface area contributed by atoms with Crippen LogP contribution in [0.4, 0.5) is 0 Å². The lowest BCUT2D eigenvalue weighted by Gasteiger charge is -2.06. The van der Waals surface area contributed by atoms with E-state index in [-0.39, 0.29) is 0 Å². The first-order chi connectivity index (χ1) is 7.31. The summed E-state index contributed by atoms with van der Waals surface area (Å²) in [6.45, 7) is 2.38. The van der Waals surface area contributed by atoms with Crippen molar-refractivity contribution < 1.29 is 4.84 Å². The molecule has 1 aromatic carbocycles. The molecule has 0 fully saturated rings. The fraction of sp³-hybridized carbons (Fsp3) is 0.182. The van der Waals surface area contributed by atoms with Gasteiger partial charge in [-0.2, -0.15) is 0 Å². The molecule has 1 aromatic heterocycles. The van der Waals surface area contributed by atoms with E-state index in [1.165, 1.54) is 0 Å². The Morgan fingerprint density at radius 2 is 2.33 bits per heavy atom. The summed E-state index contributed by atoms with van der Waals surface area (Å²) in [5, 5.41) is 0. The van der Waals surface area contributed by atoms with Crippen molar-refractivity contribution in [3.05, 3.63) is 48.0 Å². The molecule has 2 rings (SSSR count). The van der Waals surface area contributed by atoms with E-state index in [4.69, 9.17) is 5.90 Å². The van der Waals surface area contributed by atoms with Crippen LogP contribution in [0.25, 0.3) is 5.69 Å². The summed E-state index contributed by atoms with van der Waals surface area (Å²) in [4.78, 5) is 8.78. The highest BCUT2D eigenvalue weighted by Gasteiger charge is 2.00. The fourth-order valence-corrected chi connectivity index (χ4v) is 1.54. The minimum absolute atomic E-state index is 0.418. The Kier molecular flexibility index (Phi) is 2.80. The van der Waals surface area contributed by atoms with E-state index in [1.54, 1.807) is 6.20 Å². The fourth-order valence-electron chi connectivity index (χ4n) is 1.54. The van der Waals surface area contributed by atoms with Crippen molar-refractivity contribution in [1.82, 2.24) is 9.55 Å². The second kappa shape index (κ2) is 4.25. The number of aromatic nitrogens is 2. The predicted octanol–water partition coefficient (Wildman–Crippen LogP) is 1.57. The number of nitrogens with two attached hydrogens (primary N) is 1. The van der Waals surface area contributed by atoms with Gasteiger partial charge >= 0.3 is 0 Å².